The van der Waals surface area contributed by atoms with Gasteiger partial charge in [0.15, 0.2) is 0 Å². The molecule has 0 saturated heterocycles. The zero-order chi connectivity index (χ0) is 10.4. The Labute approximate surface area is 86.6 Å². The van der Waals surface area contributed by atoms with Crippen LogP contribution in [0.1, 0.15) is 46.0 Å². The molecule has 14 heavy (non-hydrogen) atoms. The van der Waals surface area contributed by atoms with E-state index in [0.29, 0.717) is 18.5 Å². The second-order valence-corrected chi connectivity index (χ2v) is 4.23. The van der Waals surface area contributed by atoms with Crippen LogP contribution in [0.5, 0.6) is 0 Å². The van der Waals surface area contributed by atoms with Crippen molar-refractivity contribution in [2.75, 3.05) is 6.54 Å². The molecule has 82 valence electrons. The number of amides is 2. The summed E-state index contributed by atoms with van der Waals surface area (Å²) >= 11 is 0. The fourth-order valence-electron chi connectivity index (χ4n) is 2.09. The van der Waals surface area contributed by atoms with Crippen molar-refractivity contribution in [3.8, 4) is 0 Å². The summed E-state index contributed by atoms with van der Waals surface area (Å²) in [5.74, 6) is 0.625. The molecule has 0 aromatic carbocycles. The highest BCUT2D eigenvalue weighted by molar-refractivity contribution is 5.74. The molecular formula is C11H22N2O. The van der Waals surface area contributed by atoms with Crippen LogP contribution in [0.4, 0.5) is 4.79 Å². The van der Waals surface area contributed by atoms with Crippen molar-refractivity contribution >= 4 is 6.03 Å². The molecule has 3 nitrogen and oxygen atoms in total. The maximum absolute atomic E-state index is 11.3. The predicted molar refractivity (Wildman–Crippen MR) is 58.2 cm³/mol. The van der Waals surface area contributed by atoms with E-state index < -0.39 is 0 Å². The Kier molecular flexibility index (Phi) is 4.77. The zero-order valence-corrected chi connectivity index (χ0v) is 9.31. The summed E-state index contributed by atoms with van der Waals surface area (Å²) in [7, 11) is 0. The third kappa shape index (κ3) is 3.56. The van der Waals surface area contributed by atoms with Gasteiger partial charge in [-0.15, -0.1) is 0 Å². The van der Waals surface area contributed by atoms with Crippen molar-refractivity contribution in [3.05, 3.63) is 0 Å². The third-order valence-corrected chi connectivity index (χ3v) is 3.02. The topological polar surface area (TPSA) is 41.1 Å². The van der Waals surface area contributed by atoms with E-state index in [9.17, 15) is 4.79 Å². The lowest BCUT2D eigenvalue weighted by Crippen LogP contribution is -2.44. The number of urea groups is 1. The van der Waals surface area contributed by atoms with Gasteiger partial charge in [0, 0.05) is 12.6 Å². The molecular weight excluding hydrogens is 176 g/mol. The van der Waals surface area contributed by atoms with Gasteiger partial charge in [-0.25, -0.2) is 4.79 Å². The summed E-state index contributed by atoms with van der Waals surface area (Å²) in [6.07, 6.45) is 6.27. The molecule has 2 unspecified atom stereocenters. The Balaban J connectivity index is 2.36. The fourth-order valence-corrected chi connectivity index (χ4v) is 2.09. The molecule has 1 rings (SSSR count). The maximum atomic E-state index is 11.3. The average molecular weight is 198 g/mol. The first-order chi connectivity index (χ1) is 6.74. The number of hydrogen-bond acceptors (Lipinski definition) is 1. The minimum Gasteiger partial charge on any atom is -0.338 e. The van der Waals surface area contributed by atoms with Crippen molar-refractivity contribution in [1.29, 1.82) is 0 Å². The van der Waals surface area contributed by atoms with Gasteiger partial charge in [0.05, 0.1) is 0 Å². The van der Waals surface area contributed by atoms with Gasteiger partial charge in [0.25, 0.3) is 0 Å². The van der Waals surface area contributed by atoms with Crippen LogP contribution in [-0.4, -0.2) is 18.6 Å². The van der Waals surface area contributed by atoms with Crippen molar-refractivity contribution in [2.24, 2.45) is 5.92 Å². The number of rotatable bonds is 2. The lowest BCUT2D eigenvalue weighted by atomic mass is 9.97. The van der Waals surface area contributed by atoms with Gasteiger partial charge >= 0.3 is 6.03 Å². The highest BCUT2D eigenvalue weighted by Gasteiger charge is 2.20. The Bertz CT molecular complexity index is 182. The van der Waals surface area contributed by atoms with E-state index in [1.54, 1.807) is 0 Å². The molecule has 0 radical (unpaired) electrons. The van der Waals surface area contributed by atoms with E-state index in [4.69, 9.17) is 0 Å². The monoisotopic (exact) mass is 198 g/mol. The Morgan fingerprint density at radius 2 is 2.00 bits per heavy atom. The van der Waals surface area contributed by atoms with Crippen molar-refractivity contribution < 1.29 is 4.79 Å². The molecule has 3 heteroatoms. The van der Waals surface area contributed by atoms with Gasteiger partial charge < -0.3 is 10.6 Å². The van der Waals surface area contributed by atoms with Gasteiger partial charge in [-0.3, -0.25) is 0 Å². The maximum Gasteiger partial charge on any atom is 0.315 e. The number of carbonyl (C=O) groups is 1. The molecule has 1 saturated carbocycles. The van der Waals surface area contributed by atoms with Gasteiger partial charge in [-0.05, 0) is 25.7 Å². The molecule has 0 heterocycles. The zero-order valence-electron chi connectivity index (χ0n) is 9.31. The van der Waals surface area contributed by atoms with Crippen LogP contribution >= 0.6 is 0 Å². The van der Waals surface area contributed by atoms with E-state index in [1.165, 1.54) is 25.7 Å². The van der Waals surface area contributed by atoms with Crippen LogP contribution in [0.3, 0.4) is 0 Å². The molecule has 2 atom stereocenters. The highest BCUT2D eigenvalue weighted by Crippen LogP contribution is 2.22. The van der Waals surface area contributed by atoms with Crippen LogP contribution in [0, 0.1) is 5.92 Å². The second kappa shape index (κ2) is 5.89. The Hall–Kier alpha value is -0.730. The smallest absolute Gasteiger partial charge is 0.315 e. The van der Waals surface area contributed by atoms with Crippen LogP contribution in [0.15, 0.2) is 0 Å². The molecule has 1 fully saturated rings. The first kappa shape index (κ1) is 11.3. The van der Waals surface area contributed by atoms with Crippen molar-refractivity contribution in [3.63, 3.8) is 0 Å². The van der Waals surface area contributed by atoms with Crippen LogP contribution in [-0.2, 0) is 0 Å². The van der Waals surface area contributed by atoms with Gasteiger partial charge in [-0.2, -0.15) is 0 Å². The molecule has 1 aliphatic rings. The first-order valence-corrected chi connectivity index (χ1v) is 5.78. The van der Waals surface area contributed by atoms with E-state index in [1.807, 2.05) is 6.92 Å². The minimum absolute atomic E-state index is 0.00810. The van der Waals surface area contributed by atoms with Crippen molar-refractivity contribution in [2.45, 2.75) is 52.0 Å². The summed E-state index contributed by atoms with van der Waals surface area (Å²) in [5, 5.41) is 5.84. The summed E-state index contributed by atoms with van der Waals surface area (Å²) in [4.78, 5) is 11.3. The number of carbonyl (C=O) groups excluding carboxylic acids is 1. The van der Waals surface area contributed by atoms with E-state index in [-0.39, 0.29) is 6.03 Å². The van der Waals surface area contributed by atoms with Gasteiger partial charge in [-0.1, -0.05) is 26.2 Å². The summed E-state index contributed by atoms with van der Waals surface area (Å²) in [6.45, 7) is 4.88. The van der Waals surface area contributed by atoms with E-state index >= 15 is 0 Å². The number of hydrogen-bond donors (Lipinski definition) is 2. The second-order valence-electron chi connectivity index (χ2n) is 4.23. The van der Waals surface area contributed by atoms with E-state index in [2.05, 4.69) is 17.6 Å². The molecule has 2 N–H and O–H groups in total. The molecule has 0 spiro atoms. The lowest BCUT2D eigenvalue weighted by molar-refractivity contribution is 0.231. The van der Waals surface area contributed by atoms with Crippen LogP contribution in [0.2, 0.25) is 0 Å². The van der Waals surface area contributed by atoms with Gasteiger partial charge in [0.1, 0.15) is 0 Å². The van der Waals surface area contributed by atoms with Crippen LogP contribution in [0.25, 0.3) is 0 Å². The highest BCUT2D eigenvalue weighted by atomic mass is 16.2. The van der Waals surface area contributed by atoms with Crippen LogP contribution < -0.4 is 10.6 Å². The summed E-state index contributed by atoms with van der Waals surface area (Å²) < 4.78 is 0. The predicted octanol–water partition coefficient (Wildman–Crippen LogP) is 2.27. The molecule has 0 bridgehead atoms. The Morgan fingerprint density at radius 1 is 1.29 bits per heavy atom. The standard InChI is InChI=1S/C11H22N2O/c1-3-12-11(14)13-10-8-6-4-5-7-9(10)2/h9-10H,3-8H2,1-2H3,(H2,12,13,14). The summed E-state index contributed by atoms with van der Waals surface area (Å²) in [5.41, 5.74) is 0. The molecule has 2 amide bonds. The molecule has 0 aromatic rings. The van der Waals surface area contributed by atoms with E-state index in [0.717, 1.165) is 6.42 Å². The summed E-state index contributed by atoms with van der Waals surface area (Å²) in [6, 6.07) is 0.371. The quantitative estimate of drug-likeness (QED) is 0.657. The molecule has 1 aliphatic carbocycles. The molecule has 0 aromatic heterocycles. The Morgan fingerprint density at radius 3 is 2.71 bits per heavy atom. The van der Waals surface area contributed by atoms with Gasteiger partial charge in [0.2, 0.25) is 0 Å². The minimum atomic E-state index is -0.00810. The third-order valence-electron chi connectivity index (χ3n) is 3.02. The lowest BCUT2D eigenvalue weighted by Gasteiger charge is -2.22. The first-order valence-electron chi connectivity index (χ1n) is 5.78. The molecule has 0 aliphatic heterocycles. The normalized spacial score (nSPS) is 27.9. The van der Waals surface area contributed by atoms with Crippen molar-refractivity contribution in [1.82, 2.24) is 10.6 Å². The SMILES string of the molecule is CCNC(=O)NC1CCCCCC1C. The fraction of sp³-hybridized carbons (Fsp3) is 0.909. The largest absolute Gasteiger partial charge is 0.338 e. The average Bonchev–Trinajstić information content (AvgIpc) is 2.33. The number of nitrogens with one attached hydrogen (secondary N) is 2.